The van der Waals surface area contributed by atoms with E-state index in [2.05, 4.69) is 105 Å². The van der Waals surface area contributed by atoms with E-state index in [1.807, 2.05) is 0 Å². The lowest BCUT2D eigenvalue weighted by Gasteiger charge is -2.56. The predicted molar refractivity (Wildman–Crippen MR) is 162 cm³/mol. The van der Waals surface area contributed by atoms with Gasteiger partial charge in [0.1, 0.15) is 0 Å². The summed E-state index contributed by atoms with van der Waals surface area (Å²) in [4.78, 5) is 3.04. The molecule has 2 N–H and O–H groups in total. The molecule has 5 rings (SSSR count). The normalized spacial score (nSPS) is 47.0. The maximum atomic E-state index is 4.18. The molecule has 0 aromatic rings. The van der Waals surface area contributed by atoms with Crippen LogP contribution in [0.25, 0.3) is 0 Å². The molecule has 202 valence electrons. The number of fused-ring (bicyclic) bond motifs is 2. The second-order valence-corrected chi connectivity index (χ2v) is 14.6. The highest BCUT2D eigenvalue weighted by Gasteiger charge is 2.79. The third kappa shape index (κ3) is 3.77. The van der Waals surface area contributed by atoms with E-state index in [9.17, 15) is 0 Å². The van der Waals surface area contributed by atoms with Crippen molar-refractivity contribution in [2.45, 2.75) is 103 Å². The van der Waals surface area contributed by atoms with Gasteiger partial charge in [0.2, 0.25) is 0 Å². The first-order valence-electron chi connectivity index (χ1n) is 15.0. The Labute approximate surface area is 235 Å². The third-order valence-electron chi connectivity index (χ3n) is 12.3. The van der Waals surface area contributed by atoms with E-state index in [4.69, 9.17) is 0 Å². The van der Waals surface area contributed by atoms with Crippen molar-refractivity contribution in [3.05, 3.63) is 34.1 Å². The quantitative estimate of drug-likeness (QED) is 0.164. The molecule has 4 fully saturated rings. The van der Waals surface area contributed by atoms with Crippen LogP contribution in [0.5, 0.6) is 0 Å². The average Bonchev–Trinajstić information content (AvgIpc) is 3.48. The van der Waals surface area contributed by atoms with Crippen molar-refractivity contribution >= 4 is 22.6 Å². The molecule has 0 bridgehead atoms. The van der Waals surface area contributed by atoms with Gasteiger partial charge in [0.05, 0.1) is 0 Å². The number of nitrogens with one attached hydrogen (secondary N) is 2. The maximum absolute atomic E-state index is 4.18. The fourth-order valence-electron chi connectivity index (χ4n) is 10.1. The Kier molecular flexibility index (Phi) is 7.57. The van der Waals surface area contributed by atoms with Crippen LogP contribution in [0.15, 0.2) is 34.1 Å². The van der Waals surface area contributed by atoms with E-state index >= 15 is 0 Å². The lowest BCUT2D eigenvalue weighted by Crippen LogP contribution is -2.55. The minimum absolute atomic E-state index is 0.229. The molecule has 3 nitrogen and oxygen atoms in total. The number of hydrogen-bond acceptors (Lipinski definition) is 3. The average molecular weight is 606 g/mol. The minimum atomic E-state index is 0.229. The van der Waals surface area contributed by atoms with Crippen LogP contribution in [-0.4, -0.2) is 43.2 Å². The molecule has 0 aromatic heterocycles. The number of allylic oxidation sites excluding steroid dienone is 3. The van der Waals surface area contributed by atoms with Gasteiger partial charge in [-0.25, -0.2) is 0 Å². The van der Waals surface area contributed by atoms with E-state index in [-0.39, 0.29) is 5.41 Å². The first kappa shape index (κ1) is 27.2. The molecule has 36 heavy (non-hydrogen) atoms. The second-order valence-electron chi connectivity index (χ2n) is 13.5. The summed E-state index contributed by atoms with van der Waals surface area (Å²) in [5, 5.41) is 7.09. The highest BCUT2D eigenvalue weighted by atomic mass is 127. The summed E-state index contributed by atoms with van der Waals surface area (Å²) in [5.41, 5.74) is 2.51. The lowest BCUT2D eigenvalue weighted by molar-refractivity contribution is 0.000528. The van der Waals surface area contributed by atoms with Crippen molar-refractivity contribution in [3.63, 3.8) is 0 Å². The smallest absolute Gasteiger partial charge is 0.0440 e. The van der Waals surface area contributed by atoms with Gasteiger partial charge in [0.15, 0.2) is 0 Å². The molecule has 11 unspecified atom stereocenters. The molecule has 11 atom stereocenters. The fourth-order valence-corrected chi connectivity index (χ4v) is 11.1. The van der Waals surface area contributed by atoms with Gasteiger partial charge in [0.25, 0.3) is 0 Å². The SMILES string of the molecule is C=CC1CCC23C(C=CC4(C(C)/C(I)=C(/CCCC(C)NC)NC)C2N3CCC2C(C)CCC24C)C1. The molecule has 0 radical (unpaired) electrons. The minimum Gasteiger partial charge on any atom is -0.391 e. The van der Waals surface area contributed by atoms with Gasteiger partial charge in [-0.05, 0) is 136 Å². The highest BCUT2D eigenvalue weighted by molar-refractivity contribution is 14.1. The van der Waals surface area contributed by atoms with Crippen molar-refractivity contribution in [2.75, 3.05) is 20.6 Å². The Bertz CT molecular complexity index is 911. The Morgan fingerprint density at radius 3 is 2.69 bits per heavy atom. The first-order valence-corrected chi connectivity index (χ1v) is 16.1. The fraction of sp³-hybridized carbons (Fsp3) is 0.812. The summed E-state index contributed by atoms with van der Waals surface area (Å²) in [6, 6.07) is 1.30. The van der Waals surface area contributed by atoms with Crippen molar-refractivity contribution in [3.8, 4) is 0 Å². The van der Waals surface area contributed by atoms with Crippen molar-refractivity contribution in [2.24, 2.45) is 40.4 Å². The number of hydrogen-bond donors (Lipinski definition) is 2. The summed E-state index contributed by atoms with van der Waals surface area (Å²) < 4.78 is 1.60. The van der Waals surface area contributed by atoms with Gasteiger partial charge >= 0.3 is 0 Å². The van der Waals surface area contributed by atoms with Crippen LogP contribution in [0.2, 0.25) is 0 Å². The monoisotopic (exact) mass is 605 g/mol. The summed E-state index contributed by atoms with van der Waals surface area (Å²) in [7, 11) is 4.24. The molecule has 0 amide bonds. The van der Waals surface area contributed by atoms with Crippen molar-refractivity contribution in [1.82, 2.24) is 15.5 Å². The molecule has 2 aliphatic heterocycles. The summed E-state index contributed by atoms with van der Waals surface area (Å²) in [6.07, 6.45) is 19.6. The zero-order chi connectivity index (χ0) is 25.9. The topological polar surface area (TPSA) is 27.1 Å². The standard InChI is InChI=1S/C32H52IN3/c1-8-24-13-18-32-25(20-24)14-17-31(23(4)28(33)27(35-7)11-9-10-22(3)34-6)29(32)36(32)19-15-26-21(2)12-16-30(26,31)5/h8,14,17,21-26,29,34-35H,1,9-13,15-16,18-20H2,2-7H3/b28-27+. The Balaban J connectivity index is 1.56. The van der Waals surface area contributed by atoms with Gasteiger partial charge in [-0.2, -0.15) is 0 Å². The molecular weight excluding hydrogens is 553 g/mol. The van der Waals surface area contributed by atoms with Crippen LogP contribution in [0.4, 0.5) is 0 Å². The van der Waals surface area contributed by atoms with Gasteiger partial charge < -0.3 is 10.6 Å². The molecule has 2 saturated heterocycles. The first-order chi connectivity index (χ1) is 17.2. The van der Waals surface area contributed by atoms with Crippen LogP contribution < -0.4 is 10.6 Å². The summed E-state index contributed by atoms with van der Waals surface area (Å²) in [6.45, 7) is 15.7. The second kappa shape index (κ2) is 10.0. The van der Waals surface area contributed by atoms with Gasteiger partial charge in [0, 0.05) is 39.4 Å². The van der Waals surface area contributed by atoms with Gasteiger partial charge in [-0.3, -0.25) is 4.90 Å². The largest absolute Gasteiger partial charge is 0.391 e. The molecule has 2 heterocycles. The van der Waals surface area contributed by atoms with E-state index in [0.29, 0.717) is 40.8 Å². The van der Waals surface area contributed by atoms with E-state index < -0.39 is 0 Å². The third-order valence-corrected chi connectivity index (χ3v) is 13.9. The Morgan fingerprint density at radius 1 is 1.22 bits per heavy atom. The van der Waals surface area contributed by atoms with Crippen LogP contribution in [0, 0.1) is 40.4 Å². The molecule has 1 spiro atoms. The number of halogens is 1. The van der Waals surface area contributed by atoms with Gasteiger partial charge in [-0.15, -0.1) is 6.58 Å². The zero-order valence-electron chi connectivity index (χ0n) is 23.9. The Morgan fingerprint density at radius 2 is 2.00 bits per heavy atom. The molecule has 3 aliphatic carbocycles. The summed E-state index contributed by atoms with van der Waals surface area (Å²) >= 11 is 2.76. The van der Waals surface area contributed by atoms with Crippen LogP contribution in [-0.2, 0) is 0 Å². The maximum Gasteiger partial charge on any atom is 0.0440 e. The van der Waals surface area contributed by atoms with Crippen molar-refractivity contribution in [1.29, 1.82) is 0 Å². The van der Waals surface area contributed by atoms with Gasteiger partial charge in [-0.1, -0.05) is 39.0 Å². The number of rotatable bonds is 9. The van der Waals surface area contributed by atoms with E-state index in [1.54, 1.807) is 3.58 Å². The molecule has 0 aromatic carbocycles. The highest BCUT2D eigenvalue weighted by Crippen LogP contribution is 2.76. The Hall–Kier alpha value is -0.330. The molecule has 4 heteroatoms. The van der Waals surface area contributed by atoms with Crippen molar-refractivity contribution < 1.29 is 0 Å². The molecular formula is C32H52IN3. The predicted octanol–water partition coefficient (Wildman–Crippen LogP) is 7.30. The number of nitrogens with zero attached hydrogens (tertiary/aromatic N) is 1. The molecule has 2 saturated carbocycles. The van der Waals surface area contributed by atoms with Crippen LogP contribution >= 0.6 is 22.6 Å². The molecule has 5 aliphatic rings. The van der Waals surface area contributed by atoms with Crippen LogP contribution in [0.1, 0.15) is 85.5 Å². The van der Waals surface area contributed by atoms with E-state index in [1.165, 1.54) is 63.6 Å². The van der Waals surface area contributed by atoms with Crippen LogP contribution in [0.3, 0.4) is 0 Å². The lowest BCUT2D eigenvalue weighted by atomic mass is 9.47. The zero-order valence-corrected chi connectivity index (χ0v) is 26.0. The van der Waals surface area contributed by atoms with E-state index in [0.717, 1.165) is 18.3 Å². The summed E-state index contributed by atoms with van der Waals surface area (Å²) in [5.74, 6) is 3.65.